The number of carbonyl (C=O) groups excluding carboxylic acids is 1. The van der Waals surface area contributed by atoms with Crippen molar-refractivity contribution in [3.8, 4) is 44.9 Å². The highest BCUT2D eigenvalue weighted by Gasteiger charge is 2.46. The van der Waals surface area contributed by atoms with E-state index in [1.165, 1.54) is 0 Å². The predicted octanol–water partition coefficient (Wildman–Crippen LogP) is 11.9. The number of halogens is 2. The first-order valence-electron chi connectivity index (χ1n) is 16.3. The molecule has 0 saturated heterocycles. The molecule has 0 spiro atoms. The van der Waals surface area contributed by atoms with E-state index in [1.807, 2.05) is 78.9 Å². The Morgan fingerprint density at radius 3 is 1.44 bits per heavy atom. The Balaban J connectivity index is 1.43. The molecule has 0 amide bonds. The molecule has 0 saturated carbocycles. The summed E-state index contributed by atoms with van der Waals surface area (Å²) in [4.78, 5) is 13.4. The maximum absolute atomic E-state index is 13.4. The third kappa shape index (κ3) is 5.18. The van der Waals surface area contributed by atoms with Gasteiger partial charge in [-0.05, 0) is 81.9 Å². The van der Waals surface area contributed by atoms with Gasteiger partial charge in [0.15, 0.2) is 0 Å². The van der Waals surface area contributed by atoms with Gasteiger partial charge in [0.2, 0.25) is 0 Å². The number of esters is 1. The number of rotatable bonds is 7. The second-order valence-electron chi connectivity index (χ2n) is 12.2. The maximum atomic E-state index is 13.4. The quantitative estimate of drug-likeness (QED) is 0.123. The van der Waals surface area contributed by atoms with Crippen LogP contribution in [-0.2, 0) is 5.41 Å². The van der Waals surface area contributed by atoms with Crippen LogP contribution in [0, 0.1) is 0 Å². The molecule has 0 N–H and O–H groups in total. The first-order chi connectivity index (χ1) is 24.5. The van der Waals surface area contributed by atoms with Gasteiger partial charge < -0.3 is 9.47 Å². The van der Waals surface area contributed by atoms with Crippen molar-refractivity contribution in [1.29, 1.82) is 0 Å². The first kappa shape index (κ1) is 31.6. The van der Waals surface area contributed by atoms with E-state index in [-0.39, 0.29) is 0 Å². The summed E-state index contributed by atoms with van der Waals surface area (Å²) in [5, 5.41) is 1.18. The number of benzene rings is 7. The van der Waals surface area contributed by atoms with Crippen LogP contribution in [0.4, 0.5) is 0 Å². The van der Waals surface area contributed by atoms with E-state index in [2.05, 4.69) is 72.8 Å². The Morgan fingerprint density at radius 2 is 0.920 bits per heavy atom. The van der Waals surface area contributed by atoms with Gasteiger partial charge in [0.05, 0.1) is 18.1 Å². The van der Waals surface area contributed by atoms with Gasteiger partial charge in [-0.25, -0.2) is 4.79 Å². The van der Waals surface area contributed by atoms with Crippen LogP contribution in [-0.4, -0.2) is 13.1 Å². The van der Waals surface area contributed by atoms with Gasteiger partial charge in [0.1, 0.15) is 11.5 Å². The van der Waals surface area contributed by atoms with Crippen LogP contribution < -0.4 is 9.47 Å². The molecule has 50 heavy (non-hydrogen) atoms. The minimum atomic E-state index is -0.770. The zero-order valence-electron chi connectivity index (χ0n) is 27.1. The highest BCUT2D eigenvalue weighted by Crippen LogP contribution is 2.57. The number of methoxy groups -OCH3 is 1. The fourth-order valence-corrected chi connectivity index (χ4v) is 7.81. The van der Waals surface area contributed by atoms with E-state index in [1.54, 1.807) is 19.2 Å². The lowest BCUT2D eigenvalue weighted by Gasteiger charge is -2.35. The van der Waals surface area contributed by atoms with E-state index in [0.717, 1.165) is 55.8 Å². The van der Waals surface area contributed by atoms with E-state index in [4.69, 9.17) is 32.7 Å². The predicted molar refractivity (Wildman–Crippen MR) is 203 cm³/mol. The molecule has 3 nitrogen and oxygen atoms in total. The Morgan fingerprint density at radius 1 is 0.480 bits per heavy atom. The molecule has 0 aromatic heterocycles. The summed E-state index contributed by atoms with van der Waals surface area (Å²) in [5.41, 5.74) is 9.51. The van der Waals surface area contributed by atoms with Crippen LogP contribution in [0.5, 0.6) is 11.5 Å². The van der Waals surface area contributed by atoms with Crippen LogP contribution in [0.1, 0.15) is 32.6 Å². The third-order valence-electron chi connectivity index (χ3n) is 9.54. The van der Waals surface area contributed by atoms with Gasteiger partial charge >= 0.3 is 5.97 Å². The van der Waals surface area contributed by atoms with Crippen LogP contribution >= 0.6 is 23.2 Å². The monoisotopic (exact) mass is 688 g/mol. The Hall–Kier alpha value is -5.61. The van der Waals surface area contributed by atoms with Crippen molar-refractivity contribution >= 4 is 29.2 Å². The Labute approximate surface area is 301 Å². The summed E-state index contributed by atoms with van der Waals surface area (Å²) in [6.45, 7) is 0. The number of carbonyl (C=O) groups is 1. The second-order valence-corrected chi connectivity index (χ2v) is 13.0. The third-order valence-corrected chi connectivity index (χ3v) is 10.2. The minimum absolute atomic E-state index is 0.414. The molecule has 0 aliphatic heterocycles. The highest BCUT2D eigenvalue weighted by atomic mass is 35.5. The van der Waals surface area contributed by atoms with Gasteiger partial charge in [-0.3, -0.25) is 0 Å². The van der Waals surface area contributed by atoms with Crippen molar-refractivity contribution in [1.82, 2.24) is 0 Å². The Bertz CT molecular complexity index is 2350. The van der Waals surface area contributed by atoms with Crippen LogP contribution in [0.3, 0.4) is 0 Å². The van der Waals surface area contributed by atoms with E-state index in [0.29, 0.717) is 26.9 Å². The standard InChI is InChI=1S/C45H30Cl2O3/c1-49-42-25-23-30(27-36(42)34-17-7-11-21-40(34)46)45(38-19-9-5-15-32(38)33-16-6-10-20-39(33)45)31-24-26-43(50-44(48)29-13-3-2-4-14-29)37(28-31)35-18-8-12-22-41(35)47/h2-28H,1H3. The zero-order valence-corrected chi connectivity index (χ0v) is 28.6. The van der Waals surface area contributed by atoms with Crippen molar-refractivity contribution in [3.05, 3.63) is 202 Å². The molecule has 7 aromatic carbocycles. The fourth-order valence-electron chi connectivity index (χ4n) is 7.33. The summed E-state index contributed by atoms with van der Waals surface area (Å²) >= 11 is 13.7. The molecule has 8 rings (SSSR count). The maximum Gasteiger partial charge on any atom is 0.343 e. The van der Waals surface area contributed by atoms with Gasteiger partial charge in [-0.2, -0.15) is 0 Å². The molecule has 5 heteroatoms. The molecule has 0 atom stereocenters. The van der Waals surface area contributed by atoms with E-state index < -0.39 is 11.4 Å². The van der Waals surface area contributed by atoms with Crippen molar-refractivity contribution in [2.75, 3.05) is 7.11 Å². The van der Waals surface area contributed by atoms with Crippen molar-refractivity contribution in [2.24, 2.45) is 0 Å². The van der Waals surface area contributed by atoms with Crippen LogP contribution in [0.25, 0.3) is 33.4 Å². The largest absolute Gasteiger partial charge is 0.496 e. The molecule has 242 valence electrons. The summed E-state index contributed by atoms with van der Waals surface area (Å²) in [5.74, 6) is 0.686. The Kier molecular flexibility index (Phi) is 8.24. The van der Waals surface area contributed by atoms with Crippen LogP contribution in [0.2, 0.25) is 10.0 Å². The van der Waals surface area contributed by atoms with Gasteiger partial charge in [0.25, 0.3) is 0 Å². The van der Waals surface area contributed by atoms with Gasteiger partial charge in [-0.1, -0.05) is 138 Å². The molecule has 0 radical (unpaired) electrons. The first-order valence-corrected chi connectivity index (χ1v) is 17.1. The lowest BCUT2D eigenvalue weighted by molar-refractivity contribution is 0.0735. The fraction of sp³-hybridized carbons (Fsp3) is 0.0444. The van der Waals surface area contributed by atoms with E-state index in [9.17, 15) is 4.79 Å². The number of hydrogen-bond donors (Lipinski definition) is 0. The topological polar surface area (TPSA) is 35.5 Å². The van der Waals surface area contributed by atoms with Crippen LogP contribution in [0.15, 0.2) is 164 Å². The second kappa shape index (κ2) is 13.0. The minimum Gasteiger partial charge on any atom is -0.496 e. The molecular formula is C45H30Cl2O3. The molecule has 1 aliphatic rings. The average molecular weight is 690 g/mol. The molecule has 7 aromatic rings. The summed E-state index contributed by atoms with van der Waals surface area (Å²) < 4.78 is 12.0. The normalized spacial score (nSPS) is 12.5. The zero-order chi connectivity index (χ0) is 34.2. The highest BCUT2D eigenvalue weighted by molar-refractivity contribution is 6.33. The molecular weight excluding hydrogens is 659 g/mol. The number of ether oxygens (including phenoxy) is 2. The van der Waals surface area contributed by atoms with Crippen molar-refractivity contribution in [3.63, 3.8) is 0 Å². The molecule has 0 bridgehead atoms. The number of hydrogen-bond acceptors (Lipinski definition) is 3. The summed E-state index contributed by atoms with van der Waals surface area (Å²) in [6, 6.07) is 53.9. The van der Waals surface area contributed by atoms with Gasteiger partial charge in [0, 0.05) is 32.3 Å². The molecule has 1 aliphatic carbocycles. The number of fused-ring (bicyclic) bond motifs is 3. The van der Waals surface area contributed by atoms with Crippen molar-refractivity contribution < 1.29 is 14.3 Å². The molecule has 0 unspecified atom stereocenters. The molecule has 0 heterocycles. The lowest BCUT2D eigenvalue weighted by atomic mass is 9.67. The lowest BCUT2D eigenvalue weighted by Crippen LogP contribution is -2.29. The summed E-state index contributed by atoms with van der Waals surface area (Å²) in [7, 11) is 1.68. The van der Waals surface area contributed by atoms with E-state index >= 15 is 0 Å². The average Bonchev–Trinajstić information content (AvgIpc) is 3.47. The SMILES string of the molecule is COc1ccc(C2(c3ccc(OC(=O)c4ccccc4)c(-c4ccccc4Cl)c3)c3ccccc3-c3ccccc32)cc1-c1ccccc1Cl. The smallest absolute Gasteiger partial charge is 0.343 e. The molecule has 0 fully saturated rings. The van der Waals surface area contributed by atoms with Crippen molar-refractivity contribution in [2.45, 2.75) is 5.41 Å². The van der Waals surface area contributed by atoms with Gasteiger partial charge in [-0.15, -0.1) is 0 Å². The summed E-state index contributed by atoms with van der Waals surface area (Å²) in [6.07, 6.45) is 0.